The maximum absolute atomic E-state index is 13.8. The molecule has 3 rings (SSSR count). The first-order chi connectivity index (χ1) is 16.6. The quantitative estimate of drug-likeness (QED) is 0.285. The first-order valence-corrected chi connectivity index (χ1v) is 12.5. The zero-order valence-electron chi connectivity index (χ0n) is 20.3. The van der Waals surface area contributed by atoms with Gasteiger partial charge in [0.2, 0.25) is 0 Å². The van der Waals surface area contributed by atoms with E-state index in [2.05, 4.69) is 17.1 Å². The van der Waals surface area contributed by atoms with Crippen LogP contribution in [0, 0.1) is 5.92 Å². The van der Waals surface area contributed by atoms with Crippen molar-refractivity contribution in [2.24, 2.45) is 11.7 Å². The van der Waals surface area contributed by atoms with Crippen LogP contribution in [-0.4, -0.2) is 30.0 Å². The summed E-state index contributed by atoms with van der Waals surface area (Å²) in [5.41, 5.74) is 6.40. The number of alkyl halides is 3. The van der Waals surface area contributed by atoms with E-state index in [-0.39, 0.29) is 24.9 Å². The van der Waals surface area contributed by atoms with E-state index in [4.69, 9.17) is 15.2 Å². The molecule has 0 fully saturated rings. The SMILES string of the molecule is CCCC(C)[C@](C)(N)c1nnc(-c2ccc(OCCOCCc3ccccc3)c(C(F)(F)F)c2)s1. The molecule has 0 radical (unpaired) electrons. The van der Waals surface area contributed by atoms with E-state index in [0.717, 1.165) is 30.9 Å². The van der Waals surface area contributed by atoms with Gasteiger partial charge in [-0.1, -0.05) is 61.9 Å². The topological polar surface area (TPSA) is 70.3 Å². The molecule has 35 heavy (non-hydrogen) atoms. The molecule has 2 aromatic carbocycles. The fourth-order valence-corrected chi connectivity index (χ4v) is 4.67. The maximum atomic E-state index is 13.8. The Kier molecular flexibility index (Phi) is 9.27. The molecule has 2 N–H and O–H groups in total. The second-order valence-corrected chi connectivity index (χ2v) is 9.77. The van der Waals surface area contributed by atoms with Gasteiger partial charge in [0.15, 0.2) is 0 Å². The number of rotatable bonds is 12. The van der Waals surface area contributed by atoms with Crippen LogP contribution in [-0.2, 0) is 22.9 Å². The molecule has 9 heteroatoms. The van der Waals surface area contributed by atoms with Crippen molar-refractivity contribution in [3.8, 4) is 16.3 Å². The van der Waals surface area contributed by atoms with Crippen LogP contribution in [0.4, 0.5) is 13.2 Å². The van der Waals surface area contributed by atoms with Crippen molar-refractivity contribution < 1.29 is 22.6 Å². The lowest BCUT2D eigenvalue weighted by molar-refractivity contribution is -0.139. The Morgan fingerprint density at radius 3 is 2.46 bits per heavy atom. The van der Waals surface area contributed by atoms with Crippen LogP contribution in [0.25, 0.3) is 10.6 Å². The number of nitrogens with zero attached hydrogens (tertiary/aromatic N) is 2. The standard InChI is InChI=1S/C26H32F3N3O2S/c1-4-8-18(2)25(3,30)24-32-31-23(35-24)20-11-12-22(21(17-20)26(27,28)29)34-16-15-33-14-13-19-9-6-5-7-10-19/h5-7,9-12,17-18H,4,8,13-16,30H2,1-3H3/t18?,25-/m0/s1. The van der Waals surface area contributed by atoms with Crippen molar-refractivity contribution in [2.45, 2.75) is 51.7 Å². The van der Waals surface area contributed by atoms with Gasteiger partial charge < -0.3 is 15.2 Å². The molecule has 5 nitrogen and oxygen atoms in total. The van der Waals surface area contributed by atoms with E-state index in [1.165, 1.54) is 17.4 Å². The van der Waals surface area contributed by atoms with Gasteiger partial charge in [0.05, 0.1) is 24.3 Å². The van der Waals surface area contributed by atoms with Gasteiger partial charge >= 0.3 is 6.18 Å². The van der Waals surface area contributed by atoms with Crippen molar-refractivity contribution in [3.63, 3.8) is 0 Å². The van der Waals surface area contributed by atoms with Crippen molar-refractivity contribution in [3.05, 3.63) is 64.7 Å². The summed E-state index contributed by atoms with van der Waals surface area (Å²) in [4.78, 5) is 0. The maximum Gasteiger partial charge on any atom is 0.419 e. The third-order valence-corrected chi connectivity index (χ3v) is 7.25. The molecule has 0 aliphatic rings. The van der Waals surface area contributed by atoms with Crippen LogP contribution < -0.4 is 10.5 Å². The van der Waals surface area contributed by atoms with Gasteiger partial charge in [-0.2, -0.15) is 13.2 Å². The molecule has 190 valence electrons. The second kappa shape index (κ2) is 12.0. The molecule has 0 amide bonds. The summed E-state index contributed by atoms with van der Waals surface area (Å²) in [6.45, 7) is 6.69. The van der Waals surface area contributed by atoms with E-state index in [9.17, 15) is 13.2 Å². The summed E-state index contributed by atoms with van der Waals surface area (Å²) < 4.78 is 52.3. The summed E-state index contributed by atoms with van der Waals surface area (Å²) in [5.74, 6) is -0.0809. The summed E-state index contributed by atoms with van der Waals surface area (Å²) in [6, 6.07) is 13.8. The van der Waals surface area contributed by atoms with Gasteiger partial charge in [-0.25, -0.2) is 0 Å². The molecular weight excluding hydrogens is 475 g/mol. The van der Waals surface area contributed by atoms with E-state index in [1.807, 2.05) is 44.2 Å². The molecule has 0 spiro atoms. The molecule has 1 aromatic heterocycles. The lowest BCUT2D eigenvalue weighted by atomic mass is 9.85. The molecule has 0 aliphatic heterocycles. The van der Waals surface area contributed by atoms with Crippen LogP contribution in [0.1, 0.15) is 49.7 Å². The molecule has 3 aromatic rings. The van der Waals surface area contributed by atoms with Crippen LogP contribution >= 0.6 is 11.3 Å². The normalized spacial score (nSPS) is 14.5. The highest BCUT2D eigenvalue weighted by Crippen LogP contribution is 2.40. The lowest BCUT2D eigenvalue weighted by Crippen LogP contribution is -2.39. The van der Waals surface area contributed by atoms with Crippen LogP contribution in [0.2, 0.25) is 0 Å². The fourth-order valence-electron chi connectivity index (χ4n) is 3.66. The lowest BCUT2D eigenvalue weighted by Gasteiger charge is -2.28. The van der Waals surface area contributed by atoms with Crippen LogP contribution in [0.15, 0.2) is 48.5 Å². The average molecular weight is 508 g/mol. The number of halogens is 3. The minimum atomic E-state index is -4.58. The predicted octanol–water partition coefficient (Wildman–Crippen LogP) is 6.47. The van der Waals surface area contributed by atoms with Crippen molar-refractivity contribution >= 4 is 11.3 Å². The second-order valence-electron chi connectivity index (χ2n) is 8.79. The number of hydrogen-bond acceptors (Lipinski definition) is 6. The minimum absolute atomic E-state index is 0.0149. The Morgan fingerprint density at radius 1 is 1.03 bits per heavy atom. The summed E-state index contributed by atoms with van der Waals surface area (Å²) >= 11 is 1.22. The smallest absolute Gasteiger partial charge is 0.419 e. The molecule has 0 aliphatic carbocycles. The first-order valence-electron chi connectivity index (χ1n) is 11.7. The molecule has 2 atom stereocenters. The van der Waals surface area contributed by atoms with Crippen molar-refractivity contribution in [1.29, 1.82) is 0 Å². The van der Waals surface area contributed by atoms with Crippen molar-refractivity contribution in [2.75, 3.05) is 19.8 Å². The Balaban J connectivity index is 1.65. The van der Waals surface area contributed by atoms with Gasteiger partial charge in [0, 0.05) is 5.56 Å². The van der Waals surface area contributed by atoms with Gasteiger partial charge in [0.1, 0.15) is 22.4 Å². The number of ether oxygens (including phenoxy) is 2. The van der Waals surface area contributed by atoms with Gasteiger partial charge in [0.25, 0.3) is 0 Å². The molecule has 0 saturated heterocycles. The fraction of sp³-hybridized carbons (Fsp3) is 0.462. The van der Waals surface area contributed by atoms with E-state index in [1.54, 1.807) is 6.07 Å². The number of nitrogens with two attached hydrogens (primary N) is 1. The first kappa shape index (κ1) is 27.1. The van der Waals surface area contributed by atoms with Gasteiger partial charge in [-0.05, 0) is 49.4 Å². The third-order valence-electron chi connectivity index (χ3n) is 6.03. The van der Waals surface area contributed by atoms with E-state index in [0.29, 0.717) is 22.2 Å². The Morgan fingerprint density at radius 2 is 1.77 bits per heavy atom. The van der Waals surface area contributed by atoms with Crippen LogP contribution in [0.3, 0.4) is 0 Å². The Hall–Kier alpha value is -2.49. The highest BCUT2D eigenvalue weighted by atomic mass is 32.1. The molecule has 1 heterocycles. The van der Waals surface area contributed by atoms with E-state index < -0.39 is 17.3 Å². The summed E-state index contributed by atoms with van der Waals surface area (Å²) in [6.07, 6.45) is -1.95. The van der Waals surface area contributed by atoms with Crippen LogP contribution in [0.5, 0.6) is 5.75 Å². The highest BCUT2D eigenvalue weighted by molar-refractivity contribution is 7.14. The van der Waals surface area contributed by atoms with Gasteiger partial charge in [-0.3, -0.25) is 0 Å². The van der Waals surface area contributed by atoms with Crippen molar-refractivity contribution in [1.82, 2.24) is 10.2 Å². The Labute approximate surface area is 208 Å². The van der Waals surface area contributed by atoms with Gasteiger partial charge in [-0.15, -0.1) is 10.2 Å². The molecular formula is C26H32F3N3O2S. The van der Waals surface area contributed by atoms with E-state index >= 15 is 0 Å². The number of aromatic nitrogens is 2. The molecule has 1 unspecified atom stereocenters. The molecule has 0 saturated carbocycles. The highest BCUT2D eigenvalue weighted by Gasteiger charge is 2.36. The molecule has 0 bridgehead atoms. The monoisotopic (exact) mass is 507 g/mol. The zero-order valence-corrected chi connectivity index (χ0v) is 21.1. The average Bonchev–Trinajstić information content (AvgIpc) is 3.33. The predicted molar refractivity (Wildman–Crippen MR) is 132 cm³/mol. The Bertz CT molecular complexity index is 1070. The number of hydrogen-bond donors (Lipinski definition) is 1. The number of benzene rings is 2. The zero-order chi connectivity index (χ0) is 25.5. The summed E-state index contributed by atoms with van der Waals surface area (Å²) in [5, 5.41) is 9.32. The minimum Gasteiger partial charge on any atom is -0.491 e. The summed E-state index contributed by atoms with van der Waals surface area (Å²) in [7, 11) is 0. The third kappa shape index (κ3) is 7.25. The largest absolute Gasteiger partial charge is 0.491 e.